The van der Waals surface area contributed by atoms with Gasteiger partial charge in [0.05, 0.1) is 6.61 Å². The number of fused-ring (bicyclic) bond motifs is 2. The maximum atomic E-state index is 12.4. The molecule has 0 radical (unpaired) electrons. The van der Waals surface area contributed by atoms with E-state index in [2.05, 4.69) is 27.6 Å². The van der Waals surface area contributed by atoms with Crippen LogP contribution in [0, 0.1) is 0 Å². The second-order valence-corrected chi connectivity index (χ2v) is 5.90. The summed E-state index contributed by atoms with van der Waals surface area (Å²) in [5, 5.41) is 10.1. The molecule has 4 rings (SSSR count). The van der Waals surface area contributed by atoms with Crippen molar-refractivity contribution in [1.82, 2.24) is 15.5 Å². The average molecular weight is 297 g/mol. The van der Waals surface area contributed by atoms with Crippen LogP contribution in [-0.4, -0.2) is 29.3 Å². The number of H-pyrrole nitrogens is 1. The molecule has 0 saturated carbocycles. The monoisotopic (exact) mass is 297 g/mol. The first-order valence-electron chi connectivity index (χ1n) is 7.86. The van der Waals surface area contributed by atoms with Crippen molar-refractivity contribution in [1.29, 1.82) is 0 Å². The standard InChI is InChI=1S/C17H19N3O2/c21-17(16-13-6-3-7-14(13)19-20-16)18-10-15-12-5-2-1-4-11(12)8-9-22-15/h1-2,4-5,15H,3,6-10H2,(H,18,21)(H,19,20). The van der Waals surface area contributed by atoms with Crippen molar-refractivity contribution in [3.05, 3.63) is 52.3 Å². The second-order valence-electron chi connectivity index (χ2n) is 5.90. The molecule has 2 aliphatic rings. The number of aryl methyl sites for hydroxylation is 1. The molecule has 1 unspecified atom stereocenters. The van der Waals surface area contributed by atoms with Crippen molar-refractivity contribution < 1.29 is 9.53 Å². The highest BCUT2D eigenvalue weighted by Crippen LogP contribution is 2.27. The Morgan fingerprint density at radius 2 is 2.23 bits per heavy atom. The maximum Gasteiger partial charge on any atom is 0.272 e. The van der Waals surface area contributed by atoms with Gasteiger partial charge in [-0.25, -0.2) is 0 Å². The molecule has 5 nitrogen and oxygen atoms in total. The Bertz CT molecular complexity index is 708. The molecule has 0 saturated heterocycles. The zero-order valence-electron chi connectivity index (χ0n) is 12.4. The van der Waals surface area contributed by atoms with Crippen LogP contribution in [-0.2, 0) is 24.0 Å². The number of aromatic amines is 1. The number of aromatic nitrogens is 2. The minimum absolute atomic E-state index is 0.0686. The van der Waals surface area contributed by atoms with Crippen LogP contribution in [0.3, 0.4) is 0 Å². The van der Waals surface area contributed by atoms with Gasteiger partial charge in [-0.1, -0.05) is 24.3 Å². The highest BCUT2D eigenvalue weighted by molar-refractivity contribution is 5.94. The lowest BCUT2D eigenvalue weighted by atomic mass is 9.97. The Hall–Kier alpha value is -2.14. The van der Waals surface area contributed by atoms with E-state index in [4.69, 9.17) is 4.74 Å². The van der Waals surface area contributed by atoms with Crippen LogP contribution in [0.25, 0.3) is 0 Å². The van der Waals surface area contributed by atoms with Crippen molar-refractivity contribution in [2.45, 2.75) is 31.8 Å². The molecule has 5 heteroatoms. The molecule has 1 aromatic heterocycles. The quantitative estimate of drug-likeness (QED) is 0.910. The minimum Gasteiger partial charge on any atom is -0.371 e. The summed E-state index contributed by atoms with van der Waals surface area (Å²) in [5.74, 6) is -0.106. The molecule has 114 valence electrons. The van der Waals surface area contributed by atoms with Gasteiger partial charge in [0.1, 0.15) is 6.10 Å². The molecule has 2 N–H and O–H groups in total. The first-order chi connectivity index (χ1) is 10.8. The lowest BCUT2D eigenvalue weighted by Crippen LogP contribution is -2.32. The van der Waals surface area contributed by atoms with Crippen molar-refractivity contribution in [2.75, 3.05) is 13.2 Å². The number of ether oxygens (including phenoxy) is 1. The van der Waals surface area contributed by atoms with Crippen molar-refractivity contribution in [3.63, 3.8) is 0 Å². The number of benzene rings is 1. The Kier molecular flexibility index (Phi) is 3.42. The predicted molar refractivity (Wildman–Crippen MR) is 81.8 cm³/mol. The van der Waals surface area contributed by atoms with E-state index in [1.807, 2.05) is 12.1 Å². The van der Waals surface area contributed by atoms with Gasteiger partial charge >= 0.3 is 0 Å². The third kappa shape index (κ3) is 2.31. The number of amides is 1. The summed E-state index contributed by atoms with van der Waals surface area (Å²) in [5.41, 5.74) is 5.25. The molecule has 0 fully saturated rings. The Morgan fingerprint density at radius 1 is 1.32 bits per heavy atom. The Balaban J connectivity index is 1.46. The maximum absolute atomic E-state index is 12.4. The van der Waals surface area contributed by atoms with Crippen molar-refractivity contribution in [3.8, 4) is 0 Å². The SMILES string of the molecule is O=C(NCC1OCCc2ccccc21)c1n[nH]c2c1CCC2. The smallest absolute Gasteiger partial charge is 0.272 e. The molecule has 1 aromatic carbocycles. The van der Waals surface area contributed by atoms with Gasteiger partial charge in [-0.2, -0.15) is 5.10 Å². The van der Waals surface area contributed by atoms with E-state index in [9.17, 15) is 4.79 Å². The van der Waals surface area contributed by atoms with Crippen LogP contribution < -0.4 is 5.32 Å². The van der Waals surface area contributed by atoms with Crippen LogP contribution in [0.4, 0.5) is 0 Å². The molecule has 0 bridgehead atoms. The van der Waals surface area contributed by atoms with Crippen LogP contribution in [0.1, 0.15) is 45.4 Å². The van der Waals surface area contributed by atoms with Gasteiger partial charge < -0.3 is 10.1 Å². The van der Waals surface area contributed by atoms with Gasteiger partial charge in [0.25, 0.3) is 5.91 Å². The lowest BCUT2D eigenvalue weighted by molar-refractivity contribution is 0.0410. The molecule has 1 aliphatic heterocycles. The average Bonchev–Trinajstić information content (AvgIpc) is 3.15. The van der Waals surface area contributed by atoms with Gasteiger partial charge in [-0.3, -0.25) is 9.89 Å². The largest absolute Gasteiger partial charge is 0.371 e. The summed E-state index contributed by atoms with van der Waals surface area (Å²) in [4.78, 5) is 12.4. The van der Waals surface area contributed by atoms with E-state index in [0.717, 1.165) is 36.9 Å². The molecule has 2 heterocycles. The minimum atomic E-state index is -0.106. The van der Waals surface area contributed by atoms with E-state index < -0.39 is 0 Å². The Labute approximate surface area is 129 Å². The molecule has 1 aliphatic carbocycles. The third-order valence-corrected chi connectivity index (χ3v) is 4.56. The fourth-order valence-corrected chi connectivity index (χ4v) is 3.42. The summed E-state index contributed by atoms with van der Waals surface area (Å²) < 4.78 is 5.82. The van der Waals surface area contributed by atoms with Crippen molar-refractivity contribution >= 4 is 5.91 Å². The number of nitrogens with one attached hydrogen (secondary N) is 2. The van der Waals surface area contributed by atoms with Gasteiger partial charge in [-0.15, -0.1) is 0 Å². The Morgan fingerprint density at radius 3 is 3.18 bits per heavy atom. The molecule has 22 heavy (non-hydrogen) atoms. The van der Waals surface area contributed by atoms with E-state index in [1.165, 1.54) is 11.1 Å². The van der Waals surface area contributed by atoms with Crippen LogP contribution in [0.15, 0.2) is 24.3 Å². The van der Waals surface area contributed by atoms with E-state index in [0.29, 0.717) is 18.8 Å². The van der Waals surface area contributed by atoms with Gasteiger partial charge in [0.2, 0.25) is 0 Å². The number of hydrogen-bond donors (Lipinski definition) is 2. The number of carbonyl (C=O) groups excluding carboxylic acids is 1. The third-order valence-electron chi connectivity index (χ3n) is 4.56. The zero-order valence-corrected chi connectivity index (χ0v) is 12.4. The topological polar surface area (TPSA) is 67.0 Å². The fraction of sp³-hybridized carbons (Fsp3) is 0.412. The first kappa shape index (κ1) is 13.5. The number of rotatable bonds is 3. The van der Waals surface area contributed by atoms with Gasteiger partial charge in [0.15, 0.2) is 5.69 Å². The summed E-state index contributed by atoms with van der Waals surface area (Å²) in [6.07, 6.45) is 3.91. The molecule has 1 atom stereocenters. The number of nitrogens with zero attached hydrogens (tertiary/aromatic N) is 1. The van der Waals surface area contributed by atoms with Crippen LogP contribution in [0.5, 0.6) is 0 Å². The van der Waals surface area contributed by atoms with Crippen molar-refractivity contribution in [2.24, 2.45) is 0 Å². The summed E-state index contributed by atoms with van der Waals surface area (Å²) in [6, 6.07) is 8.28. The van der Waals surface area contributed by atoms with E-state index in [-0.39, 0.29) is 12.0 Å². The molecule has 0 spiro atoms. The van der Waals surface area contributed by atoms with E-state index >= 15 is 0 Å². The number of carbonyl (C=O) groups is 1. The number of hydrogen-bond acceptors (Lipinski definition) is 3. The fourth-order valence-electron chi connectivity index (χ4n) is 3.42. The second kappa shape index (κ2) is 5.57. The first-order valence-corrected chi connectivity index (χ1v) is 7.86. The molecule has 2 aromatic rings. The summed E-state index contributed by atoms with van der Waals surface area (Å²) in [7, 11) is 0. The van der Waals surface area contributed by atoms with Crippen LogP contribution in [0.2, 0.25) is 0 Å². The zero-order chi connectivity index (χ0) is 14.9. The van der Waals surface area contributed by atoms with Gasteiger partial charge in [0, 0.05) is 17.8 Å². The molecular weight excluding hydrogens is 278 g/mol. The lowest BCUT2D eigenvalue weighted by Gasteiger charge is -2.26. The van der Waals surface area contributed by atoms with Gasteiger partial charge in [-0.05, 0) is 36.8 Å². The highest BCUT2D eigenvalue weighted by Gasteiger charge is 2.25. The highest BCUT2D eigenvalue weighted by atomic mass is 16.5. The van der Waals surface area contributed by atoms with Crippen LogP contribution >= 0.6 is 0 Å². The summed E-state index contributed by atoms with van der Waals surface area (Å²) in [6.45, 7) is 1.19. The molecule has 1 amide bonds. The predicted octanol–water partition coefficient (Wildman–Crippen LogP) is 1.94. The molecular formula is C17H19N3O2. The normalized spacial score (nSPS) is 19.5. The summed E-state index contributed by atoms with van der Waals surface area (Å²) >= 11 is 0. The van der Waals surface area contributed by atoms with E-state index in [1.54, 1.807) is 0 Å².